The maximum absolute atomic E-state index is 12.2. The molecule has 0 radical (unpaired) electrons. The summed E-state index contributed by atoms with van der Waals surface area (Å²) in [5.41, 5.74) is 0.998. The first-order valence-corrected chi connectivity index (χ1v) is 10.1. The minimum absolute atomic E-state index is 0.0442. The molecule has 22 heavy (non-hydrogen) atoms. The maximum atomic E-state index is 12.2. The second kappa shape index (κ2) is 6.95. The van der Waals surface area contributed by atoms with Crippen molar-refractivity contribution in [2.24, 2.45) is 5.92 Å². The highest BCUT2D eigenvalue weighted by atomic mass is 32.2. The molecule has 1 amide bonds. The van der Waals surface area contributed by atoms with E-state index in [9.17, 15) is 13.2 Å². The summed E-state index contributed by atoms with van der Waals surface area (Å²) in [6.45, 7) is 8.14. The summed E-state index contributed by atoms with van der Waals surface area (Å²) in [4.78, 5) is 20.4. The lowest BCUT2D eigenvalue weighted by Crippen LogP contribution is -2.50. The maximum Gasteiger partial charge on any atom is 0.237 e. The first-order chi connectivity index (χ1) is 10.3. The molecule has 0 aromatic carbocycles. The van der Waals surface area contributed by atoms with Crippen LogP contribution in [0.15, 0.2) is 5.38 Å². The van der Waals surface area contributed by atoms with Gasteiger partial charge in [0.1, 0.15) is 5.75 Å². The predicted octanol–water partition coefficient (Wildman–Crippen LogP) is 1.17. The Balaban J connectivity index is 1.87. The number of aryl methyl sites for hydroxylation is 1. The summed E-state index contributed by atoms with van der Waals surface area (Å²) in [6, 6.07) is 0. The molecule has 1 aliphatic heterocycles. The van der Waals surface area contributed by atoms with Gasteiger partial charge in [0, 0.05) is 31.6 Å². The van der Waals surface area contributed by atoms with E-state index in [1.54, 1.807) is 16.2 Å². The molecule has 0 unspecified atom stereocenters. The normalized spacial score (nSPS) is 16.4. The highest BCUT2D eigenvalue weighted by molar-refractivity contribution is 7.92. The first-order valence-electron chi connectivity index (χ1n) is 7.42. The second-order valence-corrected chi connectivity index (χ2v) is 9.03. The van der Waals surface area contributed by atoms with E-state index in [0.717, 1.165) is 10.8 Å². The van der Waals surface area contributed by atoms with Crippen LogP contribution in [-0.2, 0) is 14.6 Å². The van der Waals surface area contributed by atoms with Crippen LogP contribution in [0.25, 0.3) is 0 Å². The molecular formula is C14H23N3O3S2. The number of anilines is 1. The number of carbonyl (C=O) groups is 1. The van der Waals surface area contributed by atoms with Crippen molar-refractivity contribution in [2.75, 3.05) is 42.6 Å². The molecule has 2 rings (SSSR count). The van der Waals surface area contributed by atoms with Crippen molar-refractivity contribution in [3.63, 3.8) is 0 Å². The lowest BCUT2D eigenvalue weighted by Gasteiger charge is -2.34. The Morgan fingerprint density at radius 3 is 2.45 bits per heavy atom. The predicted molar refractivity (Wildman–Crippen MR) is 89.1 cm³/mol. The van der Waals surface area contributed by atoms with Crippen LogP contribution < -0.4 is 4.90 Å². The summed E-state index contributed by atoms with van der Waals surface area (Å²) < 4.78 is 23.8. The molecule has 0 N–H and O–H groups in total. The number of rotatable bonds is 5. The number of nitrogens with zero attached hydrogens (tertiary/aromatic N) is 3. The van der Waals surface area contributed by atoms with E-state index in [4.69, 9.17) is 0 Å². The molecular weight excluding hydrogens is 322 g/mol. The Morgan fingerprint density at radius 1 is 1.32 bits per heavy atom. The van der Waals surface area contributed by atoms with Gasteiger partial charge in [-0.3, -0.25) is 4.79 Å². The first kappa shape index (κ1) is 17.2. The van der Waals surface area contributed by atoms with Gasteiger partial charge < -0.3 is 9.80 Å². The molecule has 1 aromatic heterocycles. The lowest BCUT2D eigenvalue weighted by atomic mass is 10.3. The summed E-state index contributed by atoms with van der Waals surface area (Å²) in [6.07, 6.45) is 0. The Morgan fingerprint density at radius 2 is 1.95 bits per heavy atom. The van der Waals surface area contributed by atoms with Crippen LogP contribution in [0.3, 0.4) is 0 Å². The van der Waals surface area contributed by atoms with Gasteiger partial charge in [0.15, 0.2) is 15.0 Å². The van der Waals surface area contributed by atoms with E-state index in [-0.39, 0.29) is 23.3 Å². The molecule has 0 atom stereocenters. The number of aromatic nitrogens is 1. The fourth-order valence-electron chi connectivity index (χ4n) is 2.48. The third-order valence-electron chi connectivity index (χ3n) is 3.44. The topological polar surface area (TPSA) is 70.6 Å². The van der Waals surface area contributed by atoms with Crippen molar-refractivity contribution in [1.82, 2.24) is 9.88 Å². The van der Waals surface area contributed by atoms with Gasteiger partial charge in [0.25, 0.3) is 0 Å². The highest BCUT2D eigenvalue weighted by Crippen LogP contribution is 2.21. The molecule has 124 valence electrons. The van der Waals surface area contributed by atoms with Crippen LogP contribution in [0.5, 0.6) is 0 Å². The molecule has 2 heterocycles. The molecule has 8 heteroatoms. The van der Waals surface area contributed by atoms with E-state index in [2.05, 4.69) is 9.88 Å². The molecule has 0 aliphatic carbocycles. The molecule has 1 saturated heterocycles. The molecule has 0 saturated carbocycles. The summed E-state index contributed by atoms with van der Waals surface area (Å²) in [5.74, 6) is -0.544. The molecule has 6 nitrogen and oxygen atoms in total. The third kappa shape index (κ3) is 4.67. The average molecular weight is 345 g/mol. The monoisotopic (exact) mass is 345 g/mol. The van der Waals surface area contributed by atoms with E-state index in [1.807, 2.05) is 26.2 Å². The summed E-state index contributed by atoms with van der Waals surface area (Å²) in [7, 11) is -3.31. The largest absolute Gasteiger partial charge is 0.345 e. The van der Waals surface area contributed by atoms with E-state index in [0.29, 0.717) is 26.2 Å². The highest BCUT2D eigenvalue weighted by Gasteiger charge is 2.26. The summed E-state index contributed by atoms with van der Waals surface area (Å²) in [5, 5.41) is 2.97. The van der Waals surface area contributed by atoms with Crippen molar-refractivity contribution in [1.29, 1.82) is 0 Å². The fraction of sp³-hybridized carbons (Fsp3) is 0.714. The Labute approximate surface area is 136 Å². The number of hydrogen-bond donors (Lipinski definition) is 0. The number of piperazine rings is 1. The Bertz CT molecular complexity index is 617. The quantitative estimate of drug-likeness (QED) is 0.801. The van der Waals surface area contributed by atoms with Crippen molar-refractivity contribution in [3.05, 3.63) is 11.1 Å². The second-order valence-electron chi connectivity index (χ2n) is 6.09. The van der Waals surface area contributed by atoms with Gasteiger partial charge in [-0.15, -0.1) is 11.3 Å². The number of amides is 1. The Kier molecular flexibility index (Phi) is 5.44. The summed E-state index contributed by atoms with van der Waals surface area (Å²) >= 11 is 1.60. The van der Waals surface area contributed by atoms with E-state index in [1.165, 1.54) is 0 Å². The number of carbonyl (C=O) groups excluding carboxylic acids is 1. The van der Waals surface area contributed by atoms with Crippen LogP contribution in [-0.4, -0.2) is 61.9 Å². The molecule has 0 bridgehead atoms. The van der Waals surface area contributed by atoms with Crippen LogP contribution >= 0.6 is 11.3 Å². The van der Waals surface area contributed by atoms with Gasteiger partial charge in [-0.05, 0) is 12.8 Å². The van der Waals surface area contributed by atoms with Gasteiger partial charge in [-0.1, -0.05) is 13.8 Å². The number of thiazole rings is 1. The number of hydrogen-bond acceptors (Lipinski definition) is 6. The molecule has 1 aromatic rings. The minimum atomic E-state index is -3.31. The van der Waals surface area contributed by atoms with Gasteiger partial charge in [-0.2, -0.15) is 0 Å². The van der Waals surface area contributed by atoms with Crippen LogP contribution in [0.2, 0.25) is 0 Å². The molecule has 0 spiro atoms. The zero-order valence-corrected chi connectivity index (χ0v) is 14.9. The third-order valence-corrected chi connectivity index (χ3v) is 6.32. The molecule has 1 aliphatic rings. The zero-order chi connectivity index (χ0) is 16.3. The van der Waals surface area contributed by atoms with Crippen LogP contribution in [0, 0.1) is 12.8 Å². The zero-order valence-electron chi connectivity index (χ0n) is 13.3. The van der Waals surface area contributed by atoms with Gasteiger partial charge in [0.2, 0.25) is 5.91 Å². The van der Waals surface area contributed by atoms with Crippen molar-refractivity contribution in [3.8, 4) is 0 Å². The van der Waals surface area contributed by atoms with E-state index < -0.39 is 9.84 Å². The SMILES string of the molecule is Cc1csc(N2CCN(C(=O)CS(=O)(=O)CC(C)C)CC2)n1. The smallest absolute Gasteiger partial charge is 0.237 e. The average Bonchev–Trinajstić information content (AvgIpc) is 2.83. The van der Waals surface area contributed by atoms with Crippen LogP contribution in [0.1, 0.15) is 19.5 Å². The van der Waals surface area contributed by atoms with Crippen molar-refractivity contribution >= 4 is 32.2 Å². The van der Waals surface area contributed by atoms with E-state index >= 15 is 0 Å². The lowest BCUT2D eigenvalue weighted by molar-refractivity contribution is -0.128. The van der Waals surface area contributed by atoms with Gasteiger partial charge in [-0.25, -0.2) is 13.4 Å². The molecule has 1 fully saturated rings. The van der Waals surface area contributed by atoms with Crippen molar-refractivity contribution < 1.29 is 13.2 Å². The fourth-order valence-corrected chi connectivity index (χ4v) is 5.03. The standard InChI is InChI=1S/C14H23N3O3S2/c1-11(2)9-22(19,20)10-13(18)16-4-6-17(7-5-16)14-15-12(3)8-21-14/h8,11H,4-7,9-10H2,1-3H3. The van der Waals surface area contributed by atoms with Crippen LogP contribution in [0.4, 0.5) is 5.13 Å². The van der Waals surface area contributed by atoms with Gasteiger partial charge >= 0.3 is 0 Å². The number of sulfone groups is 1. The van der Waals surface area contributed by atoms with Crippen molar-refractivity contribution in [2.45, 2.75) is 20.8 Å². The van der Waals surface area contributed by atoms with Gasteiger partial charge in [0.05, 0.1) is 11.4 Å². The Hall–Kier alpha value is -1.15. The minimum Gasteiger partial charge on any atom is -0.345 e.